The molecule has 0 spiro atoms. The van der Waals surface area contributed by atoms with Gasteiger partial charge in [0.05, 0.1) is 23.5 Å². The standard InChI is InChI=1S/C21H18Br2FN5O2S/c1-2-9-29-18(11-25-20(31)14-5-3-4-6-16(14)24)27-28-21(29)32-12-19(30)26-17-10-13(22)7-8-15(17)23/h2-8,10H,1,9,11-12H2,(H,25,31)(H,26,30). The minimum absolute atomic E-state index is 0.0474. The third kappa shape index (κ3) is 6.27. The Morgan fingerprint density at radius 2 is 1.97 bits per heavy atom. The minimum atomic E-state index is -0.600. The summed E-state index contributed by atoms with van der Waals surface area (Å²) in [4.78, 5) is 24.7. The number of hydrogen-bond acceptors (Lipinski definition) is 5. The molecule has 2 amide bonds. The first-order chi connectivity index (χ1) is 15.4. The quantitative estimate of drug-likeness (QED) is 0.280. The molecule has 0 radical (unpaired) electrons. The number of hydrogen-bond donors (Lipinski definition) is 2. The van der Waals surface area contributed by atoms with Crippen molar-refractivity contribution in [2.24, 2.45) is 0 Å². The number of halogens is 3. The molecule has 0 aliphatic rings. The highest BCUT2D eigenvalue weighted by atomic mass is 79.9. The van der Waals surface area contributed by atoms with Gasteiger partial charge in [0.1, 0.15) is 5.82 Å². The lowest BCUT2D eigenvalue weighted by Crippen LogP contribution is -2.25. The van der Waals surface area contributed by atoms with E-state index in [0.717, 1.165) is 8.95 Å². The molecule has 2 aromatic carbocycles. The lowest BCUT2D eigenvalue weighted by molar-refractivity contribution is -0.113. The van der Waals surface area contributed by atoms with Crippen LogP contribution in [0.5, 0.6) is 0 Å². The largest absolute Gasteiger partial charge is 0.345 e. The maximum absolute atomic E-state index is 13.8. The summed E-state index contributed by atoms with van der Waals surface area (Å²) in [6.07, 6.45) is 1.66. The van der Waals surface area contributed by atoms with Crippen LogP contribution in [0.3, 0.4) is 0 Å². The first kappa shape index (κ1) is 24.1. The van der Waals surface area contributed by atoms with Crippen molar-refractivity contribution in [2.75, 3.05) is 11.1 Å². The van der Waals surface area contributed by atoms with Crippen molar-refractivity contribution in [2.45, 2.75) is 18.2 Å². The number of nitrogens with one attached hydrogen (secondary N) is 2. The van der Waals surface area contributed by atoms with E-state index in [1.165, 1.54) is 30.0 Å². The van der Waals surface area contributed by atoms with Gasteiger partial charge >= 0.3 is 0 Å². The van der Waals surface area contributed by atoms with Crippen molar-refractivity contribution >= 4 is 61.1 Å². The summed E-state index contributed by atoms with van der Waals surface area (Å²) in [6, 6.07) is 11.2. The zero-order chi connectivity index (χ0) is 23.1. The van der Waals surface area contributed by atoms with E-state index < -0.39 is 11.7 Å². The van der Waals surface area contributed by atoms with Crippen LogP contribution in [-0.2, 0) is 17.9 Å². The average molecular weight is 583 g/mol. The van der Waals surface area contributed by atoms with E-state index in [1.807, 2.05) is 12.1 Å². The van der Waals surface area contributed by atoms with Gasteiger partial charge in [0.2, 0.25) is 5.91 Å². The van der Waals surface area contributed by atoms with Gasteiger partial charge in [-0.25, -0.2) is 4.39 Å². The molecule has 166 valence electrons. The normalized spacial score (nSPS) is 10.6. The third-order valence-corrected chi connectivity index (χ3v) is 6.32. The summed E-state index contributed by atoms with van der Waals surface area (Å²) in [6.45, 7) is 4.17. The Kier molecular flexibility index (Phi) is 8.60. The van der Waals surface area contributed by atoms with E-state index >= 15 is 0 Å². The monoisotopic (exact) mass is 581 g/mol. The molecule has 0 saturated carbocycles. The van der Waals surface area contributed by atoms with Crippen molar-refractivity contribution in [3.8, 4) is 0 Å². The van der Waals surface area contributed by atoms with Crippen molar-refractivity contribution in [3.05, 3.63) is 81.3 Å². The second-order valence-electron chi connectivity index (χ2n) is 6.42. The smallest absolute Gasteiger partial charge is 0.254 e. The Bertz CT molecular complexity index is 1150. The number of allylic oxidation sites excluding steroid dienone is 1. The Morgan fingerprint density at radius 3 is 2.72 bits per heavy atom. The van der Waals surface area contributed by atoms with Crippen LogP contribution in [0.2, 0.25) is 0 Å². The van der Waals surface area contributed by atoms with Gasteiger partial charge in [0.25, 0.3) is 5.91 Å². The Hall–Kier alpha value is -2.50. The van der Waals surface area contributed by atoms with Gasteiger partial charge in [-0.2, -0.15) is 0 Å². The molecule has 32 heavy (non-hydrogen) atoms. The molecule has 7 nitrogen and oxygen atoms in total. The Balaban J connectivity index is 1.63. The summed E-state index contributed by atoms with van der Waals surface area (Å²) in [5.41, 5.74) is 0.598. The van der Waals surface area contributed by atoms with Gasteiger partial charge in [0.15, 0.2) is 11.0 Å². The molecule has 0 unspecified atom stereocenters. The number of carbonyl (C=O) groups excluding carboxylic acids is 2. The molecule has 0 bridgehead atoms. The van der Waals surface area contributed by atoms with Crippen LogP contribution in [0.15, 0.2) is 69.2 Å². The lowest BCUT2D eigenvalue weighted by Gasteiger charge is -2.10. The van der Waals surface area contributed by atoms with Gasteiger partial charge in [-0.1, -0.05) is 45.9 Å². The van der Waals surface area contributed by atoms with Crippen LogP contribution in [0.25, 0.3) is 0 Å². The van der Waals surface area contributed by atoms with Crippen LogP contribution >= 0.6 is 43.6 Å². The Morgan fingerprint density at radius 1 is 1.19 bits per heavy atom. The third-order valence-electron chi connectivity index (χ3n) is 4.17. The summed E-state index contributed by atoms with van der Waals surface area (Å²) >= 11 is 7.99. The second-order valence-corrected chi connectivity index (χ2v) is 9.13. The number of aromatic nitrogens is 3. The number of carbonyl (C=O) groups is 2. The van der Waals surface area contributed by atoms with Crippen molar-refractivity contribution in [1.82, 2.24) is 20.1 Å². The SMILES string of the molecule is C=CCn1c(CNC(=O)c2ccccc2F)nnc1SCC(=O)Nc1cc(Br)ccc1Br. The highest BCUT2D eigenvalue weighted by molar-refractivity contribution is 9.11. The van der Waals surface area contributed by atoms with Gasteiger partial charge in [-0.15, -0.1) is 16.8 Å². The van der Waals surface area contributed by atoms with Gasteiger partial charge in [-0.05, 0) is 46.3 Å². The van der Waals surface area contributed by atoms with E-state index in [1.54, 1.807) is 22.8 Å². The van der Waals surface area contributed by atoms with Crippen molar-refractivity contribution in [1.29, 1.82) is 0 Å². The van der Waals surface area contributed by atoms with E-state index in [-0.39, 0.29) is 23.8 Å². The zero-order valence-corrected chi connectivity index (χ0v) is 20.6. The molecule has 0 saturated heterocycles. The summed E-state index contributed by atoms with van der Waals surface area (Å²) in [5.74, 6) is -0.791. The van der Waals surface area contributed by atoms with Crippen molar-refractivity contribution < 1.29 is 14.0 Å². The molecular weight excluding hydrogens is 565 g/mol. The van der Waals surface area contributed by atoms with E-state index in [4.69, 9.17) is 0 Å². The minimum Gasteiger partial charge on any atom is -0.345 e. The molecule has 0 aliphatic heterocycles. The number of anilines is 1. The molecule has 2 N–H and O–H groups in total. The number of benzene rings is 2. The second kappa shape index (κ2) is 11.4. The molecule has 3 aromatic rings. The summed E-state index contributed by atoms with van der Waals surface area (Å²) in [7, 11) is 0. The molecule has 0 aliphatic carbocycles. The molecule has 1 aromatic heterocycles. The molecule has 11 heteroatoms. The van der Waals surface area contributed by atoms with Crippen LogP contribution in [0, 0.1) is 5.82 Å². The van der Waals surface area contributed by atoms with Crippen molar-refractivity contribution in [3.63, 3.8) is 0 Å². The maximum Gasteiger partial charge on any atom is 0.254 e. The summed E-state index contributed by atoms with van der Waals surface area (Å²) < 4.78 is 17.1. The van der Waals surface area contributed by atoms with Gasteiger partial charge in [-0.3, -0.25) is 9.59 Å². The molecular formula is C21H18Br2FN5O2S. The zero-order valence-electron chi connectivity index (χ0n) is 16.6. The molecule has 3 rings (SSSR count). The maximum atomic E-state index is 13.8. The first-order valence-electron chi connectivity index (χ1n) is 9.32. The topological polar surface area (TPSA) is 88.9 Å². The van der Waals surface area contributed by atoms with Crippen LogP contribution < -0.4 is 10.6 Å². The fourth-order valence-electron chi connectivity index (χ4n) is 2.68. The van der Waals surface area contributed by atoms with Crippen LogP contribution in [-0.4, -0.2) is 32.3 Å². The highest BCUT2D eigenvalue weighted by Crippen LogP contribution is 2.26. The van der Waals surface area contributed by atoms with Gasteiger partial charge < -0.3 is 15.2 Å². The fraction of sp³-hybridized carbons (Fsp3) is 0.143. The van der Waals surface area contributed by atoms with E-state index in [2.05, 4.69) is 59.3 Å². The lowest BCUT2D eigenvalue weighted by atomic mass is 10.2. The molecule has 0 fully saturated rings. The number of nitrogens with zero attached hydrogens (tertiary/aromatic N) is 3. The molecule has 1 heterocycles. The van der Waals surface area contributed by atoms with Crippen LogP contribution in [0.4, 0.5) is 10.1 Å². The Labute approximate surface area is 205 Å². The number of thioether (sulfide) groups is 1. The van der Waals surface area contributed by atoms with Gasteiger partial charge in [0, 0.05) is 15.5 Å². The first-order valence-corrected chi connectivity index (χ1v) is 11.9. The highest BCUT2D eigenvalue weighted by Gasteiger charge is 2.16. The van der Waals surface area contributed by atoms with E-state index in [0.29, 0.717) is 23.2 Å². The fourth-order valence-corrected chi connectivity index (χ4v) is 4.15. The molecule has 0 atom stereocenters. The number of rotatable bonds is 9. The summed E-state index contributed by atoms with van der Waals surface area (Å²) in [5, 5.41) is 14.2. The average Bonchev–Trinajstić information content (AvgIpc) is 3.15. The number of amides is 2. The predicted octanol–water partition coefficient (Wildman–Crippen LogP) is 4.79. The predicted molar refractivity (Wildman–Crippen MR) is 129 cm³/mol. The van der Waals surface area contributed by atoms with Crippen LogP contribution in [0.1, 0.15) is 16.2 Å². The van der Waals surface area contributed by atoms with E-state index in [9.17, 15) is 14.0 Å².